The van der Waals surface area contributed by atoms with E-state index in [9.17, 15) is 4.79 Å². The number of hydrogen-bond donors (Lipinski definition) is 1. The highest BCUT2D eigenvalue weighted by Gasteiger charge is 2.33. The molecule has 3 aromatic rings. The Morgan fingerprint density at radius 2 is 1.87 bits per heavy atom. The van der Waals surface area contributed by atoms with Gasteiger partial charge in [0.15, 0.2) is 5.82 Å². The van der Waals surface area contributed by atoms with Crippen molar-refractivity contribution in [1.82, 2.24) is 30.1 Å². The third-order valence-corrected chi connectivity index (χ3v) is 6.73. The third-order valence-electron chi connectivity index (χ3n) is 6.73. The molecule has 1 atom stereocenters. The van der Waals surface area contributed by atoms with Crippen LogP contribution in [0.5, 0.6) is 0 Å². The first-order chi connectivity index (χ1) is 15.1. The molecule has 1 saturated carbocycles. The van der Waals surface area contributed by atoms with E-state index in [2.05, 4.69) is 38.4 Å². The summed E-state index contributed by atoms with van der Waals surface area (Å²) >= 11 is 0. The van der Waals surface area contributed by atoms with Crippen LogP contribution in [0.1, 0.15) is 66.7 Å². The highest BCUT2D eigenvalue weighted by molar-refractivity contribution is 5.83. The second-order valence-corrected chi connectivity index (χ2v) is 8.92. The lowest BCUT2D eigenvalue weighted by Crippen LogP contribution is -2.42. The van der Waals surface area contributed by atoms with Crippen LogP contribution in [0.2, 0.25) is 0 Å². The van der Waals surface area contributed by atoms with E-state index in [0.717, 1.165) is 53.8 Å². The number of nitrogens with one attached hydrogen (secondary N) is 1. The predicted octanol–water partition coefficient (Wildman–Crippen LogP) is 3.06. The fourth-order valence-electron chi connectivity index (χ4n) is 5.19. The molecule has 2 fully saturated rings. The molecule has 164 valence electrons. The molecule has 31 heavy (non-hydrogen) atoms. The van der Waals surface area contributed by atoms with Gasteiger partial charge in [0.25, 0.3) is 5.56 Å². The Hall–Kier alpha value is -2.58. The van der Waals surface area contributed by atoms with Crippen LogP contribution in [0.15, 0.2) is 23.0 Å². The van der Waals surface area contributed by atoms with Crippen LogP contribution in [-0.2, 0) is 4.74 Å². The lowest BCUT2D eigenvalue weighted by Gasteiger charge is -2.34. The number of rotatable bonds is 4. The highest BCUT2D eigenvalue weighted by atomic mass is 16.5. The van der Waals surface area contributed by atoms with E-state index < -0.39 is 0 Å². The highest BCUT2D eigenvalue weighted by Crippen LogP contribution is 2.33. The first-order valence-electron chi connectivity index (χ1n) is 11.4. The maximum atomic E-state index is 13.3. The van der Waals surface area contributed by atoms with Crippen LogP contribution < -0.4 is 5.56 Å². The predicted molar refractivity (Wildman–Crippen MR) is 118 cm³/mol. The Morgan fingerprint density at radius 1 is 1.10 bits per heavy atom. The number of aromatic amines is 1. The van der Waals surface area contributed by atoms with Crippen molar-refractivity contribution in [3.63, 3.8) is 0 Å². The van der Waals surface area contributed by atoms with Crippen molar-refractivity contribution in [1.29, 1.82) is 0 Å². The second kappa shape index (κ2) is 8.51. The zero-order valence-electron chi connectivity index (χ0n) is 18.3. The number of H-pyrrole nitrogens is 1. The maximum absolute atomic E-state index is 13.3. The number of ether oxygens (including phenoxy) is 1. The van der Waals surface area contributed by atoms with E-state index in [0.29, 0.717) is 24.8 Å². The molecule has 1 aliphatic carbocycles. The molecule has 0 radical (unpaired) electrons. The van der Waals surface area contributed by atoms with Crippen LogP contribution in [-0.4, -0.2) is 56.4 Å². The molecule has 1 aliphatic heterocycles. The number of tetrazole rings is 1. The Balaban J connectivity index is 1.65. The summed E-state index contributed by atoms with van der Waals surface area (Å²) in [4.78, 5) is 18.7. The second-order valence-electron chi connectivity index (χ2n) is 8.92. The van der Waals surface area contributed by atoms with E-state index in [-0.39, 0.29) is 11.6 Å². The smallest absolute Gasteiger partial charge is 0.253 e. The van der Waals surface area contributed by atoms with Gasteiger partial charge in [0.2, 0.25) is 0 Å². The van der Waals surface area contributed by atoms with Gasteiger partial charge in [-0.1, -0.05) is 25.3 Å². The summed E-state index contributed by atoms with van der Waals surface area (Å²) in [5, 5.41) is 14.0. The monoisotopic (exact) mass is 422 g/mol. The van der Waals surface area contributed by atoms with Crippen LogP contribution in [0.3, 0.4) is 0 Å². The number of nitrogens with zero attached hydrogens (tertiary/aromatic N) is 5. The summed E-state index contributed by atoms with van der Waals surface area (Å²) in [7, 11) is 0. The lowest BCUT2D eigenvalue weighted by molar-refractivity contribution is 0.0209. The number of aromatic nitrogens is 5. The van der Waals surface area contributed by atoms with E-state index in [1.807, 2.05) is 23.7 Å². The van der Waals surface area contributed by atoms with Crippen LogP contribution in [0.25, 0.3) is 10.9 Å². The molecule has 1 unspecified atom stereocenters. The lowest BCUT2D eigenvalue weighted by atomic mass is 9.95. The van der Waals surface area contributed by atoms with Crippen LogP contribution in [0, 0.1) is 13.8 Å². The summed E-state index contributed by atoms with van der Waals surface area (Å²) in [5.41, 5.74) is 3.79. The molecule has 8 heteroatoms. The van der Waals surface area contributed by atoms with E-state index in [1.54, 1.807) is 0 Å². The molecule has 2 aromatic heterocycles. The summed E-state index contributed by atoms with van der Waals surface area (Å²) < 4.78 is 7.59. The fourth-order valence-corrected chi connectivity index (χ4v) is 5.19. The molecule has 0 spiro atoms. The zero-order chi connectivity index (χ0) is 21.4. The molecular weight excluding hydrogens is 392 g/mol. The van der Waals surface area contributed by atoms with Gasteiger partial charge in [-0.3, -0.25) is 9.69 Å². The fraction of sp³-hybridized carbons (Fsp3) is 0.565. The minimum absolute atomic E-state index is 0.0767. The molecule has 1 aromatic carbocycles. The van der Waals surface area contributed by atoms with Gasteiger partial charge >= 0.3 is 0 Å². The number of aryl methyl sites for hydroxylation is 2. The molecule has 5 rings (SSSR count). The Bertz CT molecular complexity index is 1120. The Labute approximate surface area is 181 Å². The summed E-state index contributed by atoms with van der Waals surface area (Å²) in [6.45, 7) is 6.91. The van der Waals surface area contributed by atoms with Crippen LogP contribution in [0.4, 0.5) is 0 Å². The molecule has 1 saturated heterocycles. The zero-order valence-corrected chi connectivity index (χ0v) is 18.3. The summed E-state index contributed by atoms with van der Waals surface area (Å²) in [6, 6.07) is 6.23. The molecule has 2 aliphatic rings. The van der Waals surface area contributed by atoms with Gasteiger partial charge in [-0.05, 0) is 60.4 Å². The number of fused-ring (bicyclic) bond motifs is 1. The quantitative estimate of drug-likeness (QED) is 0.695. The number of morpholine rings is 1. The molecule has 0 amide bonds. The van der Waals surface area contributed by atoms with Gasteiger partial charge in [0.05, 0.1) is 19.3 Å². The maximum Gasteiger partial charge on any atom is 0.253 e. The minimum Gasteiger partial charge on any atom is -0.379 e. The molecular formula is C23H30N6O2. The minimum atomic E-state index is -0.297. The normalized spacial score (nSPS) is 19.7. The number of benzene rings is 1. The summed E-state index contributed by atoms with van der Waals surface area (Å²) in [6.07, 6.45) is 5.83. The molecule has 3 heterocycles. The molecule has 8 nitrogen and oxygen atoms in total. The third kappa shape index (κ3) is 3.90. The first-order valence-corrected chi connectivity index (χ1v) is 11.4. The van der Waals surface area contributed by atoms with Crippen molar-refractivity contribution in [3.05, 3.63) is 51.1 Å². The van der Waals surface area contributed by atoms with Crippen molar-refractivity contribution in [3.8, 4) is 0 Å². The van der Waals surface area contributed by atoms with Gasteiger partial charge in [0.1, 0.15) is 6.04 Å². The van der Waals surface area contributed by atoms with E-state index in [4.69, 9.17) is 4.74 Å². The summed E-state index contributed by atoms with van der Waals surface area (Å²) in [5.74, 6) is 0.767. The van der Waals surface area contributed by atoms with Crippen LogP contribution >= 0.6 is 0 Å². The first kappa shape index (κ1) is 20.3. The van der Waals surface area contributed by atoms with Crippen molar-refractivity contribution >= 4 is 10.9 Å². The van der Waals surface area contributed by atoms with E-state index in [1.165, 1.54) is 19.3 Å². The van der Waals surface area contributed by atoms with Gasteiger partial charge in [-0.15, -0.1) is 5.10 Å². The van der Waals surface area contributed by atoms with Gasteiger partial charge < -0.3 is 9.72 Å². The topological polar surface area (TPSA) is 88.9 Å². The molecule has 0 bridgehead atoms. The number of hydrogen-bond acceptors (Lipinski definition) is 6. The Kier molecular flexibility index (Phi) is 5.58. The van der Waals surface area contributed by atoms with Gasteiger partial charge in [0, 0.05) is 29.6 Å². The molecule has 1 N–H and O–H groups in total. The Morgan fingerprint density at radius 3 is 2.65 bits per heavy atom. The average Bonchev–Trinajstić information content (AvgIpc) is 3.25. The van der Waals surface area contributed by atoms with Crippen molar-refractivity contribution in [2.45, 2.75) is 58.0 Å². The number of pyridine rings is 1. The average molecular weight is 423 g/mol. The van der Waals surface area contributed by atoms with Gasteiger partial charge in [-0.25, -0.2) is 4.68 Å². The largest absolute Gasteiger partial charge is 0.379 e. The standard InChI is InChI=1S/C23H30N6O2/c1-15-12-16(2)18-14-19(23(30)24-20(18)13-15)21(28-8-10-31-11-9-28)22-25-26-27-29(22)17-6-4-3-5-7-17/h12-14,17,21H,3-11H2,1-2H3,(H,24,30). The van der Waals surface area contributed by atoms with Crippen molar-refractivity contribution < 1.29 is 4.74 Å². The van der Waals surface area contributed by atoms with Crippen molar-refractivity contribution in [2.75, 3.05) is 26.3 Å². The van der Waals surface area contributed by atoms with E-state index >= 15 is 0 Å². The SMILES string of the molecule is Cc1cc(C)c2cc(C(c3nnnn3C3CCCCC3)N3CCOCC3)c(=O)[nH]c2c1. The van der Waals surface area contributed by atoms with Crippen molar-refractivity contribution in [2.24, 2.45) is 0 Å². The van der Waals surface area contributed by atoms with Gasteiger partial charge in [-0.2, -0.15) is 0 Å².